The largest absolute Gasteiger partial charge is 0.376 e. The molecule has 0 spiro atoms. The first-order valence-corrected chi connectivity index (χ1v) is 7.66. The zero-order valence-electron chi connectivity index (χ0n) is 12.8. The number of ether oxygens (including phenoxy) is 1. The normalized spacial score (nSPS) is 13.7. The summed E-state index contributed by atoms with van der Waals surface area (Å²) in [4.78, 5) is 12.0. The molecule has 1 aromatic carbocycles. The maximum Gasteiger partial charge on any atom is 0.220 e. The number of fused-ring (bicyclic) bond motifs is 1. The van der Waals surface area contributed by atoms with Crippen molar-refractivity contribution in [1.29, 1.82) is 0 Å². The summed E-state index contributed by atoms with van der Waals surface area (Å²) in [5, 5.41) is 7.47. The summed E-state index contributed by atoms with van der Waals surface area (Å²) in [7, 11) is 1.95. The van der Waals surface area contributed by atoms with E-state index in [9.17, 15) is 4.79 Å². The van der Waals surface area contributed by atoms with Crippen LogP contribution >= 0.6 is 0 Å². The molecule has 2 heterocycles. The minimum absolute atomic E-state index is 0.0555. The average molecular weight is 299 g/mol. The Morgan fingerprint density at radius 3 is 3.00 bits per heavy atom. The highest BCUT2D eigenvalue weighted by Gasteiger charge is 2.19. The molecule has 1 N–H and O–H groups in total. The highest BCUT2D eigenvalue weighted by atomic mass is 16.5. The Hall–Kier alpha value is -2.14. The van der Waals surface area contributed by atoms with E-state index in [2.05, 4.69) is 10.4 Å². The highest BCUT2D eigenvalue weighted by molar-refractivity contribution is 5.76. The Kier molecular flexibility index (Phi) is 4.53. The molecule has 1 amide bonds. The SMILES string of the molecule is Cn1nc(CNC(=O)CCc2ccccc2)c2c1CCOC2. The number of aromatic nitrogens is 2. The van der Waals surface area contributed by atoms with Gasteiger partial charge < -0.3 is 10.1 Å². The van der Waals surface area contributed by atoms with Crippen LogP contribution in [0.5, 0.6) is 0 Å². The predicted molar refractivity (Wildman–Crippen MR) is 83.2 cm³/mol. The zero-order valence-corrected chi connectivity index (χ0v) is 12.8. The highest BCUT2D eigenvalue weighted by Crippen LogP contribution is 2.19. The Bertz CT molecular complexity index is 649. The standard InChI is InChI=1S/C17H21N3O2/c1-20-16-9-10-22-12-14(16)15(19-20)11-18-17(21)8-7-13-5-3-2-4-6-13/h2-6H,7-12H2,1H3,(H,18,21). The predicted octanol–water partition coefficient (Wildman–Crippen LogP) is 1.74. The lowest BCUT2D eigenvalue weighted by Crippen LogP contribution is -2.24. The van der Waals surface area contributed by atoms with Gasteiger partial charge in [-0.15, -0.1) is 0 Å². The summed E-state index contributed by atoms with van der Waals surface area (Å²) < 4.78 is 7.40. The fourth-order valence-corrected chi connectivity index (χ4v) is 2.80. The van der Waals surface area contributed by atoms with Crippen LogP contribution in [0.3, 0.4) is 0 Å². The lowest BCUT2D eigenvalue weighted by atomic mass is 10.1. The topological polar surface area (TPSA) is 56.2 Å². The van der Waals surface area contributed by atoms with E-state index in [1.807, 2.05) is 42.1 Å². The third kappa shape index (κ3) is 3.36. The second-order valence-corrected chi connectivity index (χ2v) is 5.56. The van der Waals surface area contributed by atoms with Crippen molar-refractivity contribution < 1.29 is 9.53 Å². The van der Waals surface area contributed by atoms with Crippen LogP contribution in [-0.2, 0) is 42.6 Å². The Morgan fingerprint density at radius 1 is 1.36 bits per heavy atom. The number of aryl methyl sites for hydroxylation is 2. The molecular formula is C17H21N3O2. The quantitative estimate of drug-likeness (QED) is 0.915. The molecule has 1 aromatic heterocycles. The van der Waals surface area contributed by atoms with E-state index in [1.165, 1.54) is 11.3 Å². The van der Waals surface area contributed by atoms with Crippen LogP contribution in [0.25, 0.3) is 0 Å². The summed E-state index contributed by atoms with van der Waals surface area (Å²) in [6.07, 6.45) is 2.15. The lowest BCUT2D eigenvalue weighted by Gasteiger charge is -2.13. The number of hydrogen-bond donors (Lipinski definition) is 1. The van der Waals surface area contributed by atoms with Gasteiger partial charge in [-0.05, 0) is 12.0 Å². The maximum atomic E-state index is 12.0. The van der Waals surface area contributed by atoms with Crippen molar-refractivity contribution in [3.05, 3.63) is 52.8 Å². The number of nitrogens with zero attached hydrogens (tertiary/aromatic N) is 2. The monoisotopic (exact) mass is 299 g/mol. The number of carbonyl (C=O) groups is 1. The molecule has 116 valence electrons. The summed E-state index contributed by atoms with van der Waals surface area (Å²) in [6, 6.07) is 10.1. The number of amides is 1. The van der Waals surface area contributed by atoms with Crippen LogP contribution in [0.1, 0.15) is 28.9 Å². The number of carbonyl (C=O) groups excluding carboxylic acids is 1. The van der Waals surface area contributed by atoms with Crippen molar-refractivity contribution in [1.82, 2.24) is 15.1 Å². The van der Waals surface area contributed by atoms with Gasteiger partial charge in [-0.3, -0.25) is 9.48 Å². The van der Waals surface area contributed by atoms with E-state index in [0.717, 1.165) is 30.7 Å². The third-order valence-corrected chi connectivity index (χ3v) is 4.02. The molecule has 1 aliphatic heterocycles. The molecule has 0 atom stereocenters. The first-order valence-electron chi connectivity index (χ1n) is 7.66. The molecule has 5 nitrogen and oxygen atoms in total. The van der Waals surface area contributed by atoms with Crippen LogP contribution in [0.4, 0.5) is 0 Å². The minimum atomic E-state index is 0.0555. The fraction of sp³-hybridized carbons (Fsp3) is 0.412. The summed E-state index contributed by atoms with van der Waals surface area (Å²) in [5.41, 5.74) is 4.46. The minimum Gasteiger partial charge on any atom is -0.376 e. The molecule has 0 fully saturated rings. The first kappa shape index (κ1) is 14.8. The summed E-state index contributed by atoms with van der Waals surface area (Å²) in [6.45, 7) is 1.81. The van der Waals surface area contributed by atoms with E-state index in [-0.39, 0.29) is 5.91 Å². The van der Waals surface area contributed by atoms with Crippen molar-refractivity contribution in [3.63, 3.8) is 0 Å². The molecule has 1 aliphatic rings. The van der Waals surface area contributed by atoms with E-state index < -0.39 is 0 Å². The van der Waals surface area contributed by atoms with Gasteiger partial charge in [-0.2, -0.15) is 5.10 Å². The van der Waals surface area contributed by atoms with E-state index in [4.69, 9.17) is 4.74 Å². The number of hydrogen-bond acceptors (Lipinski definition) is 3. The third-order valence-electron chi connectivity index (χ3n) is 4.02. The zero-order chi connectivity index (χ0) is 15.4. The molecule has 0 bridgehead atoms. The van der Waals surface area contributed by atoms with Gasteiger partial charge in [0.15, 0.2) is 0 Å². The van der Waals surface area contributed by atoms with Crippen molar-refractivity contribution in [2.45, 2.75) is 32.4 Å². The van der Waals surface area contributed by atoms with Crippen LogP contribution in [0.2, 0.25) is 0 Å². The summed E-state index contributed by atoms with van der Waals surface area (Å²) in [5.74, 6) is 0.0555. The van der Waals surface area contributed by atoms with Gasteiger partial charge in [0, 0.05) is 31.1 Å². The smallest absolute Gasteiger partial charge is 0.220 e. The van der Waals surface area contributed by atoms with Crippen LogP contribution in [-0.4, -0.2) is 22.3 Å². The second kappa shape index (κ2) is 6.75. The Labute approximate surface area is 130 Å². The van der Waals surface area contributed by atoms with E-state index in [1.54, 1.807) is 0 Å². The summed E-state index contributed by atoms with van der Waals surface area (Å²) >= 11 is 0. The van der Waals surface area contributed by atoms with Crippen molar-refractivity contribution >= 4 is 5.91 Å². The van der Waals surface area contributed by atoms with Crippen LogP contribution in [0.15, 0.2) is 30.3 Å². The van der Waals surface area contributed by atoms with Gasteiger partial charge in [-0.1, -0.05) is 30.3 Å². The molecular weight excluding hydrogens is 278 g/mol. The van der Waals surface area contributed by atoms with Crippen LogP contribution < -0.4 is 5.32 Å². The molecule has 0 saturated heterocycles. The van der Waals surface area contributed by atoms with Gasteiger partial charge >= 0.3 is 0 Å². The van der Waals surface area contributed by atoms with Gasteiger partial charge in [0.05, 0.1) is 25.5 Å². The molecule has 2 aromatic rings. The number of rotatable bonds is 5. The molecule has 0 saturated carbocycles. The first-order chi connectivity index (χ1) is 10.7. The van der Waals surface area contributed by atoms with Crippen molar-refractivity contribution in [2.75, 3.05) is 6.61 Å². The maximum absolute atomic E-state index is 12.0. The fourth-order valence-electron chi connectivity index (χ4n) is 2.80. The Morgan fingerprint density at radius 2 is 2.18 bits per heavy atom. The Balaban J connectivity index is 1.53. The molecule has 5 heteroatoms. The van der Waals surface area contributed by atoms with E-state index in [0.29, 0.717) is 19.6 Å². The average Bonchev–Trinajstić information content (AvgIpc) is 2.89. The number of benzene rings is 1. The van der Waals surface area contributed by atoms with E-state index >= 15 is 0 Å². The van der Waals surface area contributed by atoms with Gasteiger partial charge in [0.2, 0.25) is 5.91 Å². The number of nitrogens with one attached hydrogen (secondary N) is 1. The molecule has 0 radical (unpaired) electrons. The van der Waals surface area contributed by atoms with Gasteiger partial charge in [-0.25, -0.2) is 0 Å². The lowest BCUT2D eigenvalue weighted by molar-refractivity contribution is -0.121. The molecule has 0 unspecified atom stereocenters. The van der Waals surface area contributed by atoms with Gasteiger partial charge in [0.25, 0.3) is 0 Å². The van der Waals surface area contributed by atoms with Crippen molar-refractivity contribution in [2.24, 2.45) is 7.05 Å². The second-order valence-electron chi connectivity index (χ2n) is 5.56. The molecule has 3 rings (SSSR count). The molecule has 22 heavy (non-hydrogen) atoms. The molecule has 0 aliphatic carbocycles. The van der Waals surface area contributed by atoms with Crippen molar-refractivity contribution in [3.8, 4) is 0 Å². The van der Waals surface area contributed by atoms with Gasteiger partial charge in [0.1, 0.15) is 0 Å². The van der Waals surface area contributed by atoms with Crippen LogP contribution in [0, 0.1) is 0 Å².